The Morgan fingerprint density at radius 3 is 3.09 bits per heavy atom. The van der Waals surface area contributed by atoms with Gasteiger partial charge in [-0.1, -0.05) is 11.8 Å². The van der Waals surface area contributed by atoms with Crippen molar-refractivity contribution in [1.29, 1.82) is 0 Å². The van der Waals surface area contributed by atoms with Gasteiger partial charge in [-0.25, -0.2) is 9.97 Å². The maximum absolute atomic E-state index is 10.8. The Bertz CT molecular complexity index is 853. The number of nitrogens with zero attached hydrogens (tertiary/aromatic N) is 4. The van der Waals surface area contributed by atoms with Crippen molar-refractivity contribution in [2.75, 3.05) is 0 Å². The van der Waals surface area contributed by atoms with Gasteiger partial charge in [-0.15, -0.1) is 0 Å². The summed E-state index contributed by atoms with van der Waals surface area (Å²) in [7, 11) is 0. The second-order valence-corrected chi connectivity index (χ2v) is 6.10. The van der Waals surface area contributed by atoms with Crippen LogP contribution in [0.5, 0.6) is 0 Å². The first kappa shape index (κ1) is 13.3. The number of nitro groups is 1. The van der Waals surface area contributed by atoms with Crippen molar-refractivity contribution in [2.24, 2.45) is 0 Å². The zero-order valence-corrected chi connectivity index (χ0v) is 12.3. The number of imidazole rings is 1. The zero-order chi connectivity index (χ0) is 15.1. The predicted octanol–water partition coefficient (Wildman–Crippen LogP) is 3.56. The van der Waals surface area contributed by atoms with Crippen molar-refractivity contribution in [3.05, 3.63) is 46.6 Å². The van der Waals surface area contributed by atoms with E-state index in [1.807, 2.05) is 6.20 Å². The number of hydrogen-bond donors (Lipinski definition) is 0. The third-order valence-corrected chi connectivity index (χ3v) is 4.49. The number of non-ortho nitro benzene ring substituents is 1. The quantitative estimate of drug-likeness (QED) is 0.406. The van der Waals surface area contributed by atoms with E-state index >= 15 is 0 Å². The van der Waals surface area contributed by atoms with Gasteiger partial charge in [0.1, 0.15) is 5.52 Å². The Morgan fingerprint density at radius 1 is 1.45 bits per heavy atom. The molecule has 3 aromatic rings. The summed E-state index contributed by atoms with van der Waals surface area (Å²) in [5, 5.41) is 11.7. The van der Waals surface area contributed by atoms with Crippen molar-refractivity contribution in [2.45, 2.75) is 29.8 Å². The maximum Gasteiger partial charge on any atom is 0.271 e. The highest BCUT2D eigenvalue weighted by molar-refractivity contribution is 7.98. The molecule has 8 heteroatoms. The van der Waals surface area contributed by atoms with Gasteiger partial charge in [0.05, 0.1) is 10.7 Å². The van der Waals surface area contributed by atoms with Crippen molar-refractivity contribution < 1.29 is 9.34 Å². The lowest BCUT2D eigenvalue weighted by Gasteiger charge is -2.03. The summed E-state index contributed by atoms with van der Waals surface area (Å²) in [6.07, 6.45) is 6.21. The molecule has 1 saturated carbocycles. The van der Waals surface area contributed by atoms with Crippen LogP contribution in [0.25, 0.3) is 11.1 Å². The molecule has 0 unspecified atom stereocenters. The number of nitro benzene ring substituents is 1. The highest BCUT2D eigenvalue weighted by Crippen LogP contribution is 2.38. The normalized spacial score (nSPS) is 14.5. The van der Waals surface area contributed by atoms with E-state index in [1.165, 1.54) is 25.0 Å². The topological polar surface area (TPSA) is 87.0 Å². The summed E-state index contributed by atoms with van der Waals surface area (Å²) in [6, 6.07) is 5.01. The highest BCUT2D eigenvalue weighted by Gasteiger charge is 2.25. The molecule has 0 atom stereocenters. The Morgan fingerprint density at radius 2 is 2.32 bits per heavy atom. The lowest BCUT2D eigenvalue weighted by atomic mass is 10.3. The minimum atomic E-state index is -0.436. The van der Waals surface area contributed by atoms with Crippen molar-refractivity contribution in [3.63, 3.8) is 0 Å². The Balaban J connectivity index is 1.54. The van der Waals surface area contributed by atoms with E-state index in [0.717, 1.165) is 5.16 Å². The largest absolute Gasteiger partial charge is 0.440 e. The molecule has 2 heterocycles. The van der Waals surface area contributed by atoms with Crippen LogP contribution in [0.4, 0.5) is 5.69 Å². The molecule has 4 rings (SSSR count). The standard InChI is InChI=1S/C14H12N4O3S/c19-18(20)10-3-4-12-11(7-10)16-13(21-12)8-22-14-15-5-6-17(14)9-1-2-9/h3-7,9H,1-2,8H2. The Hall–Kier alpha value is -2.35. The fourth-order valence-corrected chi connectivity index (χ4v) is 3.18. The lowest BCUT2D eigenvalue weighted by Crippen LogP contribution is -1.94. The summed E-state index contributed by atoms with van der Waals surface area (Å²) < 4.78 is 7.80. The van der Waals surface area contributed by atoms with Crippen molar-refractivity contribution >= 4 is 28.5 Å². The number of oxazole rings is 1. The van der Waals surface area contributed by atoms with Crippen LogP contribution in [-0.2, 0) is 5.75 Å². The smallest absolute Gasteiger partial charge is 0.271 e. The molecular formula is C14H12N4O3S. The molecule has 0 N–H and O–H groups in total. The van der Waals surface area contributed by atoms with E-state index in [4.69, 9.17) is 4.42 Å². The molecule has 112 valence electrons. The summed E-state index contributed by atoms with van der Waals surface area (Å²) in [5.74, 6) is 1.09. The van der Waals surface area contributed by atoms with Gasteiger partial charge in [-0.05, 0) is 18.9 Å². The molecule has 0 amide bonds. The molecule has 0 radical (unpaired) electrons. The maximum atomic E-state index is 10.8. The number of benzene rings is 1. The third-order valence-electron chi connectivity index (χ3n) is 3.52. The monoisotopic (exact) mass is 316 g/mol. The first-order chi connectivity index (χ1) is 10.7. The van der Waals surface area contributed by atoms with Gasteiger partial charge in [-0.2, -0.15) is 0 Å². The zero-order valence-electron chi connectivity index (χ0n) is 11.5. The fourth-order valence-electron chi connectivity index (χ4n) is 2.31. The average molecular weight is 316 g/mol. The fraction of sp³-hybridized carbons (Fsp3) is 0.286. The van der Waals surface area contributed by atoms with Crippen LogP contribution in [-0.4, -0.2) is 19.5 Å². The van der Waals surface area contributed by atoms with Gasteiger partial charge in [0.25, 0.3) is 5.69 Å². The minimum absolute atomic E-state index is 0.0179. The molecule has 1 aromatic carbocycles. The minimum Gasteiger partial charge on any atom is -0.440 e. The Labute approximate surface area is 129 Å². The average Bonchev–Trinajstić information content (AvgIpc) is 3.10. The summed E-state index contributed by atoms with van der Waals surface area (Å²) in [5.41, 5.74) is 1.09. The number of hydrogen-bond acceptors (Lipinski definition) is 6. The van der Waals surface area contributed by atoms with Gasteiger partial charge in [-0.3, -0.25) is 10.1 Å². The first-order valence-electron chi connectivity index (χ1n) is 6.90. The number of rotatable bonds is 5. The van der Waals surface area contributed by atoms with Gasteiger partial charge < -0.3 is 8.98 Å². The summed E-state index contributed by atoms with van der Waals surface area (Å²) >= 11 is 1.56. The molecule has 22 heavy (non-hydrogen) atoms. The number of thioether (sulfide) groups is 1. The van der Waals surface area contributed by atoms with Gasteiger partial charge in [0.15, 0.2) is 10.7 Å². The van der Waals surface area contributed by atoms with Crippen LogP contribution in [0.15, 0.2) is 40.2 Å². The highest BCUT2D eigenvalue weighted by atomic mass is 32.2. The van der Waals surface area contributed by atoms with E-state index < -0.39 is 4.92 Å². The van der Waals surface area contributed by atoms with Crippen LogP contribution in [0.3, 0.4) is 0 Å². The molecule has 0 saturated heterocycles. The molecule has 7 nitrogen and oxygen atoms in total. The number of aromatic nitrogens is 3. The SMILES string of the molecule is O=[N+]([O-])c1ccc2oc(CSc3nccn3C3CC3)nc2c1. The van der Waals surface area contributed by atoms with Crippen LogP contribution in [0.1, 0.15) is 24.8 Å². The van der Waals surface area contributed by atoms with Gasteiger partial charge in [0.2, 0.25) is 5.89 Å². The van der Waals surface area contributed by atoms with E-state index in [0.29, 0.717) is 28.8 Å². The first-order valence-corrected chi connectivity index (χ1v) is 7.89. The van der Waals surface area contributed by atoms with E-state index in [2.05, 4.69) is 14.5 Å². The van der Waals surface area contributed by atoms with Crippen LogP contribution in [0, 0.1) is 10.1 Å². The molecule has 0 spiro atoms. The second-order valence-electron chi connectivity index (χ2n) is 5.15. The summed E-state index contributed by atoms with van der Waals surface area (Å²) in [6.45, 7) is 0. The molecule has 0 bridgehead atoms. The Kier molecular flexibility index (Phi) is 3.11. The molecule has 2 aromatic heterocycles. The van der Waals surface area contributed by atoms with Crippen molar-refractivity contribution in [3.8, 4) is 0 Å². The predicted molar refractivity (Wildman–Crippen MR) is 80.7 cm³/mol. The van der Waals surface area contributed by atoms with Gasteiger partial charge in [0, 0.05) is 30.6 Å². The van der Waals surface area contributed by atoms with Crippen LogP contribution >= 0.6 is 11.8 Å². The molecule has 1 aliphatic rings. The van der Waals surface area contributed by atoms with Crippen molar-refractivity contribution in [1.82, 2.24) is 14.5 Å². The summed E-state index contributed by atoms with van der Waals surface area (Å²) in [4.78, 5) is 19.0. The van der Waals surface area contributed by atoms with E-state index in [1.54, 1.807) is 24.0 Å². The molecular weight excluding hydrogens is 304 g/mol. The molecule has 1 fully saturated rings. The van der Waals surface area contributed by atoms with E-state index in [-0.39, 0.29) is 5.69 Å². The van der Waals surface area contributed by atoms with Gasteiger partial charge >= 0.3 is 0 Å². The van der Waals surface area contributed by atoms with E-state index in [9.17, 15) is 10.1 Å². The third kappa shape index (κ3) is 2.45. The molecule has 0 aliphatic heterocycles. The van der Waals surface area contributed by atoms with Crippen LogP contribution < -0.4 is 0 Å². The number of fused-ring (bicyclic) bond motifs is 1. The van der Waals surface area contributed by atoms with Crippen LogP contribution in [0.2, 0.25) is 0 Å². The lowest BCUT2D eigenvalue weighted by molar-refractivity contribution is -0.384. The molecule has 1 aliphatic carbocycles. The second kappa shape index (κ2) is 5.13.